The van der Waals surface area contributed by atoms with Crippen LogP contribution in [0.25, 0.3) is 11.4 Å². The maximum atomic E-state index is 12.9. The molecular weight excluding hydrogens is 344 g/mol. The van der Waals surface area contributed by atoms with Gasteiger partial charge in [-0.25, -0.2) is 9.78 Å². The first-order valence-corrected chi connectivity index (χ1v) is 9.33. The van der Waals surface area contributed by atoms with Gasteiger partial charge in [-0.3, -0.25) is 9.89 Å². The van der Waals surface area contributed by atoms with Crippen molar-refractivity contribution in [2.24, 2.45) is 5.92 Å². The summed E-state index contributed by atoms with van der Waals surface area (Å²) in [6, 6.07) is 7.56. The van der Waals surface area contributed by atoms with Gasteiger partial charge in [-0.05, 0) is 18.1 Å². The number of carbonyl (C=O) groups is 2. The molecule has 0 saturated carbocycles. The van der Waals surface area contributed by atoms with E-state index in [9.17, 15) is 9.59 Å². The van der Waals surface area contributed by atoms with E-state index < -0.39 is 0 Å². The Balaban J connectivity index is 1.43. The number of nitrogens with one attached hydrogen (secondary N) is 1. The van der Waals surface area contributed by atoms with Gasteiger partial charge < -0.3 is 14.7 Å². The summed E-state index contributed by atoms with van der Waals surface area (Å²) in [5.74, 6) is 1.13. The number of rotatable bonds is 4. The van der Waals surface area contributed by atoms with Crippen LogP contribution in [-0.4, -0.2) is 80.6 Å². The Kier molecular flexibility index (Phi) is 4.55. The van der Waals surface area contributed by atoms with E-state index in [-0.39, 0.29) is 18.0 Å². The normalized spacial score (nSPS) is 19.7. The largest absolute Gasteiger partial charge is 0.335 e. The molecule has 0 radical (unpaired) electrons. The van der Waals surface area contributed by atoms with Crippen molar-refractivity contribution in [1.29, 1.82) is 0 Å². The number of aromatic nitrogens is 3. The van der Waals surface area contributed by atoms with E-state index in [4.69, 9.17) is 0 Å². The first kappa shape index (κ1) is 17.5. The van der Waals surface area contributed by atoms with Crippen molar-refractivity contribution in [3.05, 3.63) is 36.2 Å². The SMILES string of the molecule is CC(C)CN1CC2CN(C(=O)c3ccc(-c4ncn[nH]4)cc3)CCN2C1=O. The van der Waals surface area contributed by atoms with Gasteiger partial charge in [0.15, 0.2) is 5.82 Å². The second-order valence-electron chi connectivity index (χ2n) is 7.59. The van der Waals surface area contributed by atoms with Crippen molar-refractivity contribution in [1.82, 2.24) is 29.9 Å². The highest BCUT2D eigenvalue weighted by atomic mass is 16.2. The van der Waals surface area contributed by atoms with E-state index in [0.717, 1.165) is 12.1 Å². The number of carbonyl (C=O) groups excluding carboxylic acids is 2. The van der Waals surface area contributed by atoms with Crippen molar-refractivity contribution in [3.8, 4) is 11.4 Å². The zero-order chi connectivity index (χ0) is 19.0. The number of H-pyrrole nitrogens is 1. The predicted octanol–water partition coefficient (Wildman–Crippen LogP) is 1.69. The number of piperazine rings is 1. The summed E-state index contributed by atoms with van der Waals surface area (Å²) >= 11 is 0. The Morgan fingerprint density at radius 3 is 2.67 bits per heavy atom. The quantitative estimate of drug-likeness (QED) is 0.890. The van der Waals surface area contributed by atoms with Crippen molar-refractivity contribution in [3.63, 3.8) is 0 Å². The molecule has 2 saturated heterocycles. The lowest BCUT2D eigenvalue weighted by Crippen LogP contribution is -2.53. The Bertz CT molecular complexity index is 817. The molecule has 1 unspecified atom stereocenters. The fourth-order valence-corrected chi connectivity index (χ4v) is 3.85. The molecule has 3 heterocycles. The van der Waals surface area contributed by atoms with Crippen LogP contribution in [0, 0.1) is 5.92 Å². The van der Waals surface area contributed by atoms with Crippen LogP contribution in [0.5, 0.6) is 0 Å². The van der Waals surface area contributed by atoms with Gasteiger partial charge in [-0.2, -0.15) is 5.10 Å². The fraction of sp³-hybridized carbons (Fsp3) is 0.474. The molecule has 1 atom stereocenters. The molecule has 0 spiro atoms. The molecule has 0 bridgehead atoms. The third-order valence-electron chi connectivity index (χ3n) is 5.12. The van der Waals surface area contributed by atoms with E-state index in [1.54, 1.807) is 0 Å². The number of fused-ring (bicyclic) bond motifs is 1. The third-order valence-corrected chi connectivity index (χ3v) is 5.12. The van der Waals surface area contributed by atoms with E-state index in [2.05, 4.69) is 29.0 Å². The van der Waals surface area contributed by atoms with Crippen molar-refractivity contribution in [2.45, 2.75) is 19.9 Å². The lowest BCUT2D eigenvalue weighted by Gasteiger charge is -2.36. The summed E-state index contributed by atoms with van der Waals surface area (Å²) in [5, 5.41) is 6.66. The number of nitrogens with zero attached hydrogens (tertiary/aromatic N) is 5. The van der Waals surface area contributed by atoms with Crippen LogP contribution in [0.4, 0.5) is 4.79 Å². The molecule has 8 nitrogen and oxygen atoms in total. The number of hydrogen-bond donors (Lipinski definition) is 1. The minimum absolute atomic E-state index is 0.00790. The Morgan fingerprint density at radius 1 is 1.22 bits per heavy atom. The highest BCUT2D eigenvalue weighted by Gasteiger charge is 2.41. The average Bonchev–Trinajstić information content (AvgIpc) is 3.30. The summed E-state index contributed by atoms with van der Waals surface area (Å²) in [6.45, 7) is 7.45. The molecule has 0 aliphatic carbocycles. The zero-order valence-electron chi connectivity index (χ0n) is 15.6. The van der Waals surface area contributed by atoms with Gasteiger partial charge in [0, 0.05) is 43.9 Å². The number of benzene rings is 1. The molecule has 142 valence electrons. The number of aromatic amines is 1. The van der Waals surface area contributed by atoms with E-state index in [0.29, 0.717) is 43.5 Å². The Morgan fingerprint density at radius 2 is 2.00 bits per heavy atom. The van der Waals surface area contributed by atoms with E-state index in [1.165, 1.54) is 6.33 Å². The van der Waals surface area contributed by atoms with Crippen LogP contribution in [0.2, 0.25) is 0 Å². The predicted molar refractivity (Wildman–Crippen MR) is 100 cm³/mol. The minimum atomic E-state index is 0.00790. The van der Waals surface area contributed by atoms with Gasteiger partial charge in [0.05, 0.1) is 6.04 Å². The van der Waals surface area contributed by atoms with E-state index >= 15 is 0 Å². The van der Waals surface area contributed by atoms with Gasteiger partial charge in [-0.15, -0.1) is 0 Å². The van der Waals surface area contributed by atoms with Crippen LogP contribution < -0.4 is 0 Å². The monoisotopic (exact) mass is 368 g/mol. The summed E-state index contributed by atoms with van der Waals surface area (Å²) in [7, 11) is 0. The number of amides is 3. The van der Waals surface area contributed by atoms with Gasteiger partial charge in [0.1, 0.15) is 6.33 Å². The highest BCUT2D eigenvalue weighted by Crippen LogP contribution is 2.23. The molecule has 3 amide bonds. The van der Waals surface area contributed by atoms with Gasteiger partial charge in [0.2, 0.25) is 0 Å². The molecule has 27 heavy (non-hydrogen) atoms. The molecule has 8 heteroatoms. The number of urea groups is 1. The molecule has 2 aliphatic heterocycles. The maximum absolute atomic E-state index is 12.9. The molecule has 2 aromatic rings. The fourth-order valence-electron chi connectivity index (χ4n) is 3.85. The maximum Gasteiger partial charge on any atom is 0.320 e. The summed E-state index contributed by atoms with van der Waals surface area (Å²) in [6.07, 6.45) is 1.46. The summed E-state index contributed by atoms with van der Waals surface area (Å²) in [4.78, 5) is 35.2. The van der Waals surface area contributed by atoms with Crippen molar-refractivity contribution < 1.29 is 9.59 Å². The number of hydrogen-bond acceptors (Lipinski definition) is 4. The molecule has 4 rings (SSSR count). The molecule has 2 fully saturated rings. The van der Waals surface area contributed by atoms with Crippen LogP contribution in [0.15, 0.2) is 30.6 Å². The topological polar surface area (TPSA) is 85.4 Å². The van der Waals surface area contributed by atoms with Crippen molar-refractivity contribution >= 4 is 11.9 Å². The van der Waals surface area contributed by atoms with Crippen LogP contribution in [-0.2, 0) is 0 Å². The first-order valence-electron chi connectivity index (χ1n) is 9.33. The lowest BCUT2D eigenvalue weighted by molar-refractivity contribution is 0.0617. The second kappa shape index (κ2) is 7.02. The van der Waals surface area contributed by atoms with E-state index in [1.807, 2.05) is 39.0 Å². The molecule has 1 aromatic carbocycles. The lowest BCUT2D eigenvalue weighted by atomic mass is 10.1. The molecular formula is C19H24N6O2. The summed E-state index contributed by atoms with van der Waals surface area (Å²) < 4.78 is 0. The highest BCUT2D eigenvalue weighted by molar-refractivity contribution is 5.95. The standard InChI is InChI=1S/C19H24N6O2/c1-13(2)9-24-11-16-10-23(7-8-25(16)19(24)27)18(26)15-5-3-14(4-6-15)17-20-12-21-22-17/h3-6,12-13,16H,7-11H2,1-2H3,(H,20,21,22). The van der Waals surface area contributed by atoms with Gasteiger partial charge >= 0.3 is 6.03 Å². The van der Waals surface area contributed by atoms with Crippen LogP contribution in [0.1, 0.15) is 24.2 Å². The van der Waals surface area contributed by atoms with Crippen LogP contribution in [0.3, 0.4) is 0 Å². The molecule has 1 N–H and O–H groups in total. The first-order chi connectivity index (χ1) is 13.0. The van der Waals surface area contributed by atoms with Gasteiger partial charge in [0.25, 0.3) is 5.91 Å². The average molecular weight is 368 g/mol. The second-order valence-corrected chi connectivity index (χ2v) is 7.59. The smallest absolute Gasteiger partial charge is 0.320 e. The third kappa shape index (κ3) is 3.39. The van der Waals surface area contributed by atoms with Gasteiger partial charge in [-0.1, -0.05) is 26.0 Å². The van der Waals surface area contributed by atoms with Crippen LogP contribution >= 0.6 is 0 Å². The molecule has 1 aromatic heterocycles. The summed E-state index contributed by atoms with van der Waals surface area (Å²) in [5.41, 5.74) is 1.54. The minimum Gasteiger partial charge on any atom is -0.335 e. The zero-order valence-corrected chi connectivity index (χ0v) is 15.6. The Hall–Kier alpha value is -2.90. The molecule has 2 aliphatic rings. The Labute approximate surface area is 158 Å². The van der Waals surface area contributed by atoms with Crippen molar-refractivity contribution in [2.75, 3.05) is 32.7 Å².